The quantitative estimate of drug-likeness (QED) is 0.663. The topological polar surface area (TPSA) is 88.8 Å². The second-order valence-electron chi connectivity index (χ2n) is 9.14. The number of carbonyl (C=O) groups excluding carboxylic acids is 2. The van der Waals surface area contributed by atoms with Gasteiger partial charge in [0.2, 0.25) is 11.8 Å². The van der Waals surface area contributed by atoms with Crippen LogP contribution in [-0.4, -0.2) is 57.1 Å². The number of pyridine rings is 1. The Bertz CT molecular complexity index is 1060. The van der Waals surface area contributed by atoms with Crippen molar-refractivity contribution in [2.75, 3.05) is 13.6 Å². The Hall–Kier alpha value is -3.00. The maximum absolute atomic E-state index is 13.4. The van der Waals surface area contributed by atoms with Crippen LogP contribution in [0.25, 0.3) is 0 Å². The molecule has 4 atom stereocenters. The molecule has 0 N–H and O–H groups in total. The maximum Gasteiger partial charge on any atom is 0.230 e. The molecular formula is C23H24N4O4. The molecule has 2 amide bonds. The molecule has 1 aliphatic carbocycles. The van der Waals surface area contributed by atoms with E-state index in [2.05, 4.69) is 10.1 Å². The van der Waals surface area contributed by atoms with Crippen molar-refractivity contribution in [1.29, 1.82) is 0 Å². The van der Waals surface area contributed by atoms with Crippen molar-refractivity contribution in [3.63, 3.8) is 0 Å². The van der Waals surface area contributed by atoms with Crippen LogP contribution in [0.2, 0.25) is 0 Å². The van der Waals surface area contributed by atoms with Crippen LogP contribution in [0.4, 0.5) is 0 Å². The summed E-state index contributed by atoms with van der Waals surface area (Å²) in [5, 5.41) is 4.12. The first-order chi connectivity index (χ1) is 15.0. The van der Waals surface area contributed by atoms with Gasteiger partial charge < -0.3 is 19.1 Å². The summed E-state index contributed by atoms with van der Waals surface area (Å²) in [5.74, 6) is 0.254. The number of aromatic nitrogens is 2. The minimum absolute atomic E-state index is 0.0279. The fraction of sp³-hybridized carbons (Fsp3) is 0.478. The van der Waals surface area contributed by atoms with Gasteiger partial charge in [-0.3, -0.25) is 14.6 Å². The Kier molecular flexibility index (Phi) is 4.08. The van der Waals surface area contributed by atoms with Gasteiger partial charge in [0.1, 0.15) is 17.1 Å². The highest BCUT2D eigenvalue weighted by Gasteiger charge is 2.67. The molecule has 0 aromatic carbocycles. The number of hydrogen-bond donors (Lipinski definition) is 0. The first-order valence-electron chi connectivity index (χ1n) is 10.8. The molecule has 2 saturated heterocycles. The highest BCUT2D eigenvalue weighted by molar-refractivity contribution is 5.93. The molecule has 3 aliphatic heterocycles. The molecule has 160 valence electrons. The smallest absolute Gasteiger partial charge is 0.230 e. The number of carbonyl (C=O) groups is 2. The first-order valence-corrected chi connectivity index (χ1v) is 10.8. The molecule has 8 heteroatoms. The van der Waals surface area contributed by atoms with E-state index >= 15 is 0 Å². The van der Waals surface area contributed by atoms with Crippen LogP contribution >= 0.6 is 0 Å². The Morgan fingerprint density at radius 1 is 1.39 bits per heavy atom. The maximum atomic E-state index is 13.4. The third kappa shape index (κ3) is 3.00. The molecule has 2 aromatic rings. The van der Waals surface area contributed by atoms with E-state index in [1.165, 1.54) is 0 Å². The number of hydrogen-bond acceptors (Lipinski definition) is 6. The van der Waals surface area contributed by atoms with E-state index in [1.54, 1.807) is 29.2 Å². The summed E-state index contributed by atoms with van der Waals surface area (Å²) in [6.45, 7) is 1.28. The van der Waals surface area contributed by atoms with E-state index in [0.717, 1.165) is 29.9 Å². The summed E-state index contributed by atoms with van der Waals surface area (Å²) in [7, 11) is 1.75. The molecule has 3 fully saturated rings. The third-order valence-electron chi connectivity index (χ3n) is 6.89. The lowest BCUT2D eigenvalue weighted by molar-refractivity contribution is -0.143. The van der Waals surface area contributed by atoms with Crippen LogP contribution in [0.5, 0.6) is 0 Å². The second-order valence-corrected chi connectivity index (χ2v) is 9.14. The highest BCUT2D eigenvalue weighted by Crippen LogP contribution is 2.52. The molecule has 4 aliphatic rings. The average Bonchev–Trinajstić information content (AvgIpc) is 3.13. The molecule has 6 rings (SSSR count). The zero-order chi connectivity index (χ0) is 21.2. The van der Waals surface area contributed by atoms with E-state index < -0.39 is 17.4 Å². The number of likely N-dealkylation sites (tertiary alicyclic amines) is 1. The van der Waals surface area contributed by atoms with Crippen LogP contribution in [0.1, 0.15) is 35.8 Å². The van der Waals surface area contributed by atoms with Gasteiger partial charge in [-0.2, -0.15) is 0 Å². The van der Waals surface area contributed by atoms with Crippen LogP contribution in [-0.2, 0) is 27.4 Å². The summed E-state index contributed by atoms with van der Waals surface area (Å²) in [4.78, 5) is 34.3. The zero-order valence-electron chi connectivity index (χ0n) is 17.3. The third-order valence-corrected chi connectivity index (χ3v) is 6.89. The summed E-state index contributed by atoms with van der Waals surface area (Å²) < 4.78 is 11.6. The lowest BCUT2D eigenvalue weighted by Crippen LogP contribution is -2.44. The number of fused-ring (bicyclic) bond motifs is 1. The van der Waals surface area contributed by atoms with Crippen LogP contribution in [0, 0.1) is 11.8 Å². The molecule has 31 heavy (non-hydrogen) atoms. The summed E-state index contributed by atoms with van der Waals surface area (Å²) in [5.41, 5.74) is 0.990. The second kappa shape index (κ2) is 6.75. The van der Waals surface area contributed by atoms with Crippen molar-refractivity contribution in [3.8, 4) is 0 Å². The molecule has 5 heterocycles. The van der Waals surface area contributed by atoms with Crippen LogP contribution < -0.4 is 0 Å². The molecule has 2 bridgehead atoms. The molecule has 2 aromatic heterocycles. The summed E-state index contributed by atoms with van der Waals surface area (Å²) >= 11 is 0. The molecule has 1 saturated carbocycles. The van der Waals surface area contributed by atoms with Crippen molar-refractivity contribution in [1.82, 2.24) is 19.9 Å². The van der Waals surface area contributed by atoms with Gasteiger partial charge in [-0.15, -0.1) is 0 Å². The summed E-state index contributed by atoms with van der Waals surface area (Å²) in [6, 6.07) is 5.75. The predicted octanol–water partition coefficient (Wildman–Crippen LogP) is 1.89. The molecular weight excluding hydrogens is 396 g/mol. The fourth-order valence-electron chi connectivity index (χ4n) is 5.24. The Labute approximate surface area is 179 Å². The van der Waals surface area contributed by atoms with Crippen molar-refractivity contribution in [3.05, 3.63) is 59.8 Å². The highest BCUT2D eigenvalue weighted by atomic mass is 16.5. The van der Waals surface area contributed by atoms with Crippen molar-refractivity contribution >= 4 is 11.8 Å². The van der Waals surface area contributed by atoms with Gasteiger partial charge in [0.15, 0.2) is 0 Å². The van der Waals surface area contributed by atoms with Gasteiger partial charge in [-0.05, 0) is 24.5 Å². The van der Waals surface area contributed by atoms with Crippen LogP contribution in [0.15, 0.2) is 47.3 Å². The van der Waals surface area contributed by atoms with E-state index in [4.69, 9.17) is 9.26 Å². The van der Waals surface area contributed by atoms with Crippen molar-refractivity contribution in [2.24, 2.45) is 11.8 Å². The average molecular weight is 420 g/mol. The standard InChI is InChI=1S/C23H24N4O4/c1-26(12-16-9-18(31-25-16)15-4-5-15)21(28)19-17-6-7-23(30-17)13-27(22(29)20(19)23)11-14-3-2-8-24-10-14/h2-3,6-10,15,17,19-20H,4-5,11-13H2,1H3/t17-,19+,20+,23-/m0/s1. The van der Waals surface area contributed by atoms with E-state index in [1.807, 2.05) is 30.4 Å². The van der Waals surface area contributed by atoms with Gasteiger partial charge in [-0.25, -0.2) is 0 Å². The number of rotatable bonds is 6. The van der Waals surface area contributed by atoms with Gasteiger partial charge in [0.25, 0.3) is 0 Å². The predicted molar refractivity (Wildman–Crippen MR) is 108 cm³/mol. The SMILES string of the molecule is CN(Cc1cc(C2CC2)on1)C(=O)[C@@H]1[C@@H]2C=C[C@@]3(CN(Cc4cccnc4)C(=O)[C@@H]13)O2. The van der Waals surface area contributed by atoms with Gasteiger partial charge in [-0.1, -0.05) is 23.4 Å². The molecule has 0 unspecified atom stereocenters. The van der Waals surface area contributed by atoms with Gasteiger partial charge in [0, 0.05) is 38.0 Å². The minimum atomic E-state index is -0.710. The lowest BCUT2D eigenvalue weighted by atomic mass is 9.76. The Balaban J connectivity index is 1.20. The van der Waals surface area contributed by atoms with Crippen LogP contribution in [0.3, 0.4) is 0 Å². The fourth-order valence-corrected chi connectivity index (χ4v) is 5.24. The molecule has 8 nitrogen and oxygen atoms in total. The van der Waals surface area contributed by atoms with Gasteiger partial charge in [0.05, 0.1) is 31.0 Å². The number of ether oxygens (including phenoxy) is 1. The van der Waals surface area contributed by atoms with Crippen molar-refractivity contribution < 1.29 is 18.8 Å². The normalized spacial score (nSPS) is 30.8. The van der Waals surface area contributed by atoms with E-state index in [9.17, 15) is 9.59 Å². The molecule has 1 spiro atoms. The Morgan fingerprint density at radius 2 is 2.26 bits per heavy atom. The minimum Gasteiger partial charge on any atom is -0.361 e. The number of amides is 2. The number of nitrogens with zero attached hydrogens (tertiary/aromatic N) is 4. The van der Waals surface area contributed by atoms with Gasteiger partial charge >= 0.3 is 0 Å². The Morgan fingerprint density at radius 3 is 3.03 bits per heavy atom. The van der Waals surface area contributed by atoms with E-state index in [-0.39, 0.29) is 17.9 Å². The first kappa shape index (κ1) is 18.7. The van der Waals surface area contributed by atoms with Crippen molar-refractivity contribution in [2.45, 2.75) is 43.6 Å². The monoisotopic (exact) mass is 420 g/mol. The molecule has 0 radical (unpaired) electrons. The largest absolute Gasteiger partial charge is 0.361 e. The lowest BCUT2D eigenvalue weighted by Gasteiger charge is -2.27. The van der Waals surface area contributed by atoms with E-state index in [0.29, 0.717) is 25.6 Å². The summed E-state index contributed by atoms with van der Waals surface area (Å²) in [6.07, 6.45) is 9.31. The zero-order valence-corrected chi connectivity index (χ0v) is 17.3.